The molecule has 7 heteroatoms. The highest BCUT2D eigenvalue weighted by atomic mass is 35.5. The van der Waals surface area contributed by atoms with Crippen molar-refractivity contribution in [2.45, 2.75) is 20.4 Å². The molecular weight excluding hydrogens is 318 g/mol. The molecule has 0 aliphatic rings. The van der Waals surface area contributed by atoms with Crippen molar-refractivity contribution in [2.24, 2.45) is 11.7 Å². The molecule has 1 aromatic carbocycles. The summed E-state index contributed by atoms with van der Waals surface area (Å²) in [6.07, 6.45) is 1.83. The van der Waals surface area contributed by atoms with E-state index in [2.05, 4.69) is 5.32 Å². The van der Waals surface area contributed by atoms with Gasteiger partial charge in [0, 0.05) is 35.2 Å². The molecule has 0 saturated carbocycles. The van der Waals surface area contributed by atoms with E-state index in [0.717, 1.165) is 10.9 Å². The Morgan fingerprint density at radius 1 is 1.35 bits per heavy atom. The van der Waals surface area contributed by atoms with E-state index in [9.17, 15) is 9.59 Å². The summed E-state index contributed by atoms with van der Waals surface area (Å²) in [4.78, 5) is 23.4. The smallest absolute Gasteiger partial charge is 0.325 e. The fourth-order valence-electron chi connectivity index (χ4n) is 2.13. The number of aromatic nitrogens is 1. The number of nitrogens with one attached hydrogen (secondary N) is 1. The van der Waals surface area contributed by atoms with Crippen LogP contribution >= 0.6 is 12.4 Å². The van der Waals surface area contributed by atoms with Crippen LogP contribution in [0, 0.1) is 5.92 Å². The van der Waals surface area contributed by atoms with Gasteiger partial charge in [-0.3, -0.25) is 9.59 Å². The van der Waals surface area contributed by atoms with Gasteiger partial charge in [-0.25, -0.2) is 0 Å². The van der Waals surface area contributed by atoms with Crippen LogP contribution in [0.4, 0.5) is 5.69 Å². The molecule has 23 heavy (non-hydrogen) atoms. The monoisotopic (exact) mass is 339 g/mol. The summed E-state index contributed by atoms with van der Waals surface area (Å²) < 4.78 is 6.77. The number of hydrogen-bond acceptors (Lipinski definition) is 4. The lowest BCUT2D eigenvalue weighted by Gasteiger charge is -2.10. The second-order valence-electron chi connectivity index (χ2n) is 5.15. The molecule has 1 aromatic heterocycles. The first-order valence-electron chi connectivity index (χ1n) is 7.30. The molecule has 0 bridgehead atoms. The first-order chi connectivity index (χ1) is 10.5. The summed E-state index contributed by atoms with van der Waals surface area (Å²) in [6, 6.07) is 7.46. The summed E-state index contributed by atoms with van der Waals surface area (Å²) >= 11 is 0. The van der Waals surface area contributed by atoms with Gasteiger partial charge in [0.15, 0.2) is 0 Å². The van der Waals surface area contributed by atoms with E-state index < -0.39 is 0 Å². The van der Waals surface area contributed by atoms with Gasteiger partial charge in [0.25, 0.3) is 0 Å². The molecule has 6 nitrogen and oxygen atoms in total. The summed E-state index contributed by atoms with van der Waals surface area (Å²) in [7, 11) is 0. The van der Waals surface area contributed by atoms with Crippen LogP contribution < -0.4 is 11.1 Å². The third-order valence-electron chi connectivity index (χ3n) is 3.44. The molecule has 0 aliphatic carbocycles. The maximum absolute atomic E-state index is 11.8. The third-order valence-corrected chi connectivity index (χ3v) is 3.44. The van der Waals surface area contributed by atoms with E-state index in [4.69, 9.17) is 10.5 Å². The molecule has 0 aliphatic heterocycles. The second-order valence-corrected chi connectivity index (χ2v) is 5.15. The number of rotatable bonds is 6. The first kappa shape index (κ1) is 19.0. The van der Waals surface area contributed by atoms with Crippen molar-refractivity contribution < 1.29 is 14.3 Å². The molecule has 2 aromatic rings. The van der Waals surface area contributed by atoms with Crippen molar-refractivity contribution in [1.29, 1.82) is 0 Å². The van der Waals surface area contributed by atoms with Crippen molar-refractivity contribution in [3.05, 3.63) is 30.5 Å². The number of benzene rings is 1. The van der Waals surface area contributed by atoms with Gasteiger partial charge in [-0.2, -0.15) is 0 Å². The van der Waals surface area contributed by atoms with Crippen molar-refractivity contribution in [1.82, 2.24) is 4.57 Å². The molecule has 2 rings (SSSR count). The molecule has 1 atom stereocenters. The highest BCUT2D eigenvalue weighted by Crippen LogP contribution is 2.21. The molecule has 3 N–H and O–H groups in total. The molecule has 0 radical (unpaired) electrons. The van der Waals surface area contributed by atoms with E-state index in [0.29, 0.717) is 18.8 Å². The number of anilines is 1. The van der Waals surface area contributed by atoms with Gasteiger partial charge in [-0.1, -0.05) is 6.92 Å². The van der Waals surface area contributed by atoms with Gasteiger partial charge in [-0.15, -0.1) is 12.4 Å². The van der Waals surface area contributed by atoms with Crippen molar-refractivity contribution in [3.8, 4) is 0 Å². The lowest BCUT2D eigenvalue weighted by molar-refractivity contribution is -0.143. The van der Waals surface area contributed by atoms with Crippen molar-refractivity contribution in [2.75, 3.05) is 18.5 Å². The number of nitrogens with two attached hydrogens (primary N) is 1. The van der Waals surface area contributed by atoms with E-state index in [1.54, 1.807) is 13.8 Å². The number of carbonyl (C=O) groups is 2. The zero-order chi connectivity index (χ0) is 16.1. The Labute approximate surface area is 141 Å². The number of hydrogen-bond donors (Lipinski definition) is 2. The average Bonchev–Trinajstić information content (AvgIpc) is 2.89. The van der Waals surface area contributed by atoms with Gasteiger partial charge < -0.3 is 20.4 Å². The number of halogens is 1. The number of nitrogens with zero attached hydrogens (tertiary/aromatic N) is 1. The number of amides is 1. The SMILES string of the molecule is CCOC(=O)Cn1ccc2cc(NC(=O)C(C)CN)ccc21.Cl. The maximum Gasteiger partial charge on any atom is 0.325 e. The molecule has 0 fully saturated rings. The van der Waals surface area contributed by atoms with Gasteiger partial charge in [-0.05, 0) is 31.2 Å². The van der Waals surface area contributed by atoms with Crippen LogP contribution in [0.25, 0.3) is 10.9 Å². The van der Waals surface area contributed by atoms with E-state index in [1.165, 1.54) is 0 Å². The number of esters is 1. The first-order valence-corrected chi connectivity index (χ1v) is 7.30. The Bertz CT molecular complexity index is 684. The Kier molecular flexibility index (Phi) is 7.06. The molecule has 1 amide bonds. The van der Waals surface area contributed by atoms with Crippen LogP contribution in [0.5, 0.6) is 0 Å². The molecule has 0 spiro atoms. The summed E-state index contributed by atoms with van der Waals surface area (Å²) in [5.74, 6) is -0.605. The molecule has 126 valence electrons. The van der Waals surface area contributed by atoms with E-state index in [-0.39, 0.29) is 36.7 Å². The maximum atomic E-state index is 11.8. The minimum absolute atomic E-state index is 0. The van der Waals surface area contributed by atoms with Gasteiger partial charge >= 0.3 is 5.97 Å². The lowest BCUT2D eigenvalue weighted by Crippen LogP contribution is -2.26. The van der Waals surface area contributed by atoms with Crippen LogP contribution in [0.1, 0.15) is 13.8 Å². The Morgan fingerprint density at radius 2 is 2.09 bits per heavy atom. The molecule has 1 unspecified atom stereocenters. The highest BCUT2D eigenvalue weighted by Gasteiger charge is 2.12. The third kappa shape index (κ3) is 4.71. The summed E-state index contributed by atoms with van der Waals surface area (Å²) in [6.45, 7) is 4.41. The van der Waals surface area contributed by atoms with Crippen LogP contribution in [0.15, 0.2) is 30.5 Å². The fourth-order valence-corrected chi connectivity index (χ4v) is 2.13. The van der Waals surface area contributed by atoms with Crippen LogP contribution in [0.3, 0.4) is 0 Å². The number of ether oxygens (including phenoxy) is 1. The Hall–Kier alpha value is -2.05. The van der Waals surface area contributed by atoms with Crippen molar-refractivity contribution >= 4 is 40.9 Å². The van der Waals surface area contributed by atoms with Crippen LogP contribution in [0.2, 0.25) is 0 Å². The average molecular weight is 340 g/mol. The van der Waals surface area contributed by atoms with Gasteiger partial charge in [0.1, 0.15) is 6.54 Å². The standard InChI is InChI=1S/C16H21N3O3.ClH/c1-3-22-15(20)10-19-7-6-12-8-13(4-5-14(12)19)18-16(21)11(2)9-17;/h4-8,11H,3,9-10,17H2,1-2H3,(H,18,21);1H. The quantitative estimate of drug-likeness (QED) is 0.790. The molecular formula is C16H22ClN3O3. The second kappa shape index (κ2) is 8.55. The Balaban J connectivity index is 0.00000264. The van der Waals surface area contributed by atoms with E-state index in [1.807, 2.05) is 35.0 Å². The molecule has 0 saturated heterocycles. The fraction of sp³-hybridized carbons (Fsp3) is 0.375. The largest absolute Gasteiger partial charge is 0.465 e. The number of carbonyl (C=O) groups excluding carboxylic acids is 2. The predicted molar refractivity (Wildman–Crippen MR) is 92.7 cm³/mol. The van der Waals surface area contributed by atoms with Crippen LogP contribution in [-0.4, -0.2) is 29.6 Å². The predicted octanol–water partition coefficient (Wildman–Crippen LogP) is 2.16. The molecule has 1 heterocycles. The van der Waals surface area contributed by atoms with Crippen molar-refractivity contribution in [3.63, 3.8) is 0 Å². The minimum Gasteiger partial charge on any atom is -0.465 e. The summed E-state index contributed by atoms with van der Waals surface area (Å²) in [5, 5.41) is 3.78. The zero-order valence-corrected chi connectivity index (χ0v) is 14.1. The lowest BCUT2D eigenvalue weighted by atomic mass is 10.1. The normalized spacial score (nSPS) is 11.6. The topological polar surface area (TPSA) is 86.3 Å². The Morgan fingerprint density at radius 3 is 2.74 bits per heavy atom. The minimum atomic E-state index is -0.269. The number of fused-ring (bicyclic) bond motifs is 1. The van der Waals surface area contributed by atoms with Gasteiger partial charge in [0.2, 0.25) is 5.91 Å². The van der Waals surface area contributed by atoms with Gasteiger partial charge in [0.05, 0.1) is 6.61 Å². The summed E-state index contributed by atoms with van der Waals surface area (Å²) in [5.41, 5.74) is 7.11. The zero-order valence-electron chi connectivity index (χ0n) is 13.2. The highest BCUT2D eigenvalue weighted by molar-refractivity contribution is 5.95. The van der Waals surface area contributed by atoms with E-state index >= 15 is 0 Å². The van der Waals surface area contributed by atoms with Crippen LogP contribution in [-0.2, 0) is 20.9 Å².